The average Bonchev–Trinajstić information content (AvgIpc) is 3.22. The summed E-state index contributed by atoms with van der Waals surface area (Å²) in [4.78, 5) is 29.4. The molecule has 0 radical (unpaired) electrons. The normalized spacial score (nSPS) is 28.1. The SMILES string of the molecule is Cc1ccn([C@@H]2O[C@H](COP(=O)(OC3CCCCC3)OC3CCCCC3)[C@@H](OC(=O)C3CCCCC3)C2(F)F)c(=O)n1. The lowest BCUT2D eigenvalue weighted by molar-refractivity contribution is -0.181. The van der Waals surface area contributed by atoms with Gasteiger partial charge in [-0.1, -0.05) is 57.8 Å². The maximum atomic E-state index is 16.0. The maximum Gasteiger partial charge on any atom is 0.475 e. The lowest BCUT2D eigenvalue weighted by atomic mass is 9.89. The van der Waals surface area contributed by atoms with Gasteiger partial charge in [-0.3, -0.25) is 22.9 Å². The first-order valence-electron chi connectivity index (χ1n) is 15.6. The minimum atomic E-state index is -4.19. The van der Waals surface area contributed by atoms with E-state index >= 15 is 8.78 Å². The van der Waals surface area contributed by atoms with Crippen LogP contribution in [0.25, 0.3) is 0 Å². The van der Waals surface area contributed by atoms with Crippen LogP contribution in [-0.4, -0.2) is 52.5 Å². The number of hydrogen-bond acceptors (Lipinski definition) is 9. The van der Waals surface area contributed by atoms with Crippen LogP contribution in [0.15, 0.2) is 17.1 Å². The number of phosphoric ester groups is 1. The van der Waals surface area contributed by atoms with Crippen molar-refractivity contribution in [3.63, 3.8) is 0 Å². The molecule has 2 heterocycles. The van der Waals surface area contributed by atoms with Gasteiger partial charge in [0.05, 0.1) is 24.7 Å². The second-order valence-electron chi connectivity index (χ2n) is 12.1. The van der Waals surface area contributed by atoms with Gasteiger partial charge in [0.15, 0.2) is 6.10 Å². The largest absolute Gasteiger partial charge is 0.475 e. The van der Waals surface area contributed by atoms with Crippen molar-refractivity contribution in [2.24, 2.45) is 5.92 Å². The number of nitrogens with zero attached hydrogens (tertiary/aromatic N) is 2. The van der Waals surface area contributed by atoms with E-state index in [0.29, 0.717) is 48.8 Å². The predicted molar refractivity (Wildman–Crippen MR) is 148 cm³/mol. The van der Waals surface area contributed by atoms with Gasteiger partial charge in [0, 0.05) is 11.9 Å². The topological polar surface area (TPSA) is 115 Å². The molecule has 0 unspecified atom stereocenters. The molecule has 3 saturated carbocycles. The van der Waals surface area contributed by atoms with Crippen molar-refractivity contribution in [2.75, 3.05) is 6.61 Å². The predicted octanol–water partition coefficient (Wildman–Crippen LogP) is 6.40. The molecule has 0 spiro atoms. The molecule has 1 aliphatic heterocycles. The van der Waals surface area contributed by atoms with Crippen molar-refractivity contribution < 1.29 is 41.2 Å². The summed E-state index contributed by atoms with van der Waals surface area (Å²) in [7, 11) is -4.19. The summed E-state index contributed by atoms with van der Waals surface area (Å²) in [6.45, 7) is 0.931. The van der Waals surface area contributed by atoms with Crippen molar-refractivity contribution in [2.45, 2.75) is 140 Å². The third kappa shape index (κ3) is 7.67. The third-order valence-electron chi connectivity index (χ3n) is 8.81. The van der Waals surface area contributed by atoms with Crippen molar-refractivity contribution in [3.05, 3.63) is 28.4 Å². The van der Waals surface area contributed by atoms with Crippen LogP contribution >= 0.6 is 7.82 Å². The highest BCUT2D eigenvalue weighted by molar-refractivity contribution is 7.48. The molecule has 0 bridgehead atoms. The number of carbonyl (C=O) groups is 1. The fourth-order valence-corrected chi connectivity index (χ4v) is 8.09. The molecule has 1 saturated heterocycles. The van der Waals surface area contributed by atoms with E-state index in [4.69, 9.17) is 23.0 Å². The monoisotopic (exact) mass is 616 g/mol. The second kappa shape index (κ2) is 13.9. The molecule has 13 heteroatoms. The first-order chi connectivity index (χ1) is 20.1. The van der Waals surface area contributed by atoms with Gasteiger partial charge in [0.1, 0.15) is 6.10 Å². The summed E-state index contributed by atoms with van der Waals surface area (Å²) in [5.41, 5.74) is -0.566. The Labute approximate surface area is 245 Å². The van der Waals surface area contributed by atoms with Crippen LogP contribution in [0.5, 0.6) is 0 Å². The first-order valence-corrected chi connectivity index (χ1v) is 17.0. The molecule has 236 valence electrons. The molecule has 3 atom stereocenters. The highest BCUT2D eigenvalue weighted by atomic mass is 31.2. The Bertz CT molecular complexity index is 1140. The van der Waals surface area contributed by atoms with Gasteiger partial charge in [-0.25, -0.2) is 9.36 Å². The quantitative estimate of drug-likeness (QED) is 0.218. The maximum absolute atomic E-state index is 16.0. The molecule has 3 aliphatic carbocycles. The molecule has 42 heavy (non-hydrogen) atoms. The van der Waals surface area contributed by atoms with E-state index in [9.17, 15) is 14.2 Å². The Kier molecular flexibility index (Phi) is 10.5. The van der Waals surface area contributed by atoms with Gasteiger partial charge in [-0.2, -0.15) is 13.8 Å². The third-order valence-corrected chi connectivity index (χ3v) is 10.4. The standard InChI is InChI=1S/C29H43F2N2O8P/c1-20-17-18-33(28(35)32-20)27-29(30,31)25(39-26(34)21-11-5-2-6-12-21)24(38-27)19-37-42(36,40-22-13-7-3-8-14-22)41-23-15-9-4-10-16-23/h17-18,21-25,27H,2-16,19H2,1H3/t24-,25-,27-/m1/s1. The Hall–Kier alpha value is -1.72. The summed E-state index contributed by atoms with van der Waals surface area (Å²) in [6.07, 6.45) is 7.13. The zero-order chi connectivity index (χ0) is 29.7. The number of aromatic nitrogens is 2. The minimum absolute atomic E-state index is 0.330. The molecule has 1 aromatic rings. The number of phosphoric acid groups is 1. The number of alkyl halides is 2. The van der Waals surface area contributed by atoms with Gasteiger partial charge < -0.3 is 9.47 Å². The Balaban J connectivity index is 1.37. The molecule has 4 aliphatic rings. The fraction of sp³-hybridized carbons (Fsp3) is 0.828. The van der Waals surface area contributed by atoms with Gasteiger partial charge in [-0.15, -0.1) is 0 Å². The van der Waals surface area contributed by atoms with Gasteiger partial charge >= 0.3 is 25.4 Å². The van der Waals surface area contributed by atoms with Crippen LogP contribution in [0.1, 0.15) is 108 Å². The number of aryl methyl sites for hydroxylation is 1. The molecular weight excluding hydrogens is 573 g/mol. The summed E-state index contributed by atoms with van der Waals surface area (Å²) in [6, 6.07) is 1.41. The molecule has 4 fully saturated rings. The van der Waals surface area contributed by atoms with Crippen LogP contribution in [0.4, 0.5) is 8.78 Å². The number of halogens is 2. The highest BCUT2D eigenvalue weighted by Crippen LogP contribution is 2.55. The smallest absolute Gasteiger partial charge is 0.453 e. The minimum Gasteiger partial charge on any atom is -0.453 e. The van der Waals surface area contributed by atoms with Crippen LogP contribution in [0, 0.1) is 12.8 Å². The van der Waals surface area contributed by atoms with E-state index < -0.39 is 56.4 Å². The Morgan fingerprint density at radius 1 is 0.976 bits per heavy atom. The lowest BCUT2D eigenvalue weighted by Gasteiger charge is -2.31. The van der Waals surface area contributed by atoms with Crippen LogP contribution in [0.3, 0.4) is 0 Å². The molecule has 10 nitrogen and oxygen atoms in total. The highest BCUT2D eigenvalue weighted by Gasteiger charge is 2.63. The van der Waals surface area contributed by atoms with E-state index in [1.165, 1.54) is 12.3 Å². The summed E-state index contributed by atoms with van der Waals surface area (Å²) in [5, 5.41) is 0. The molecule has 0 N–H and O–H groups in total. The Morgan fingerprint density at radius 3 is 2.07 bits per heavy atom. The fourth-order valence-electron chi connectivity index (χ4n) is 6.44. The van der Waals surface area contributed by atoms with Crippen molar-refractivity contribution >= 4 is 13.8 Å². The number of ether oxygens (including phenoxy) is 2. The summed E-state index contributed by atoms with van der Waals surface area (Å²) < 4.78 is 75.5. The van der Waals surface area contributed by atoms with E-state index in [0.717, 1.165) is 57.8 Å². The lowest BCUT2D eigenvalue weighted by Crippen LogP contribution is -2.45. The van der Waals surface area contributed by atoms with Crippen molar-refractivity contribution in [1.29, 1.82) is 0 Å². The molecule has 1 aromatic heterocycles. The van der Waals surface area contributed by atoms with Gasteiger partial charge in [0.25, 0.3) is 0 Å². The molecular formula is C29H43F2N2O8P. The Morgan fingerprint density at radius 2 is 1.52 bits per heavy atom. The van der Waals surface area contributed by atoms with Crippen molar-refractivity contribution in [1.82, 2.24) is 9.55 Å². The number of hydrogen-bond donors (Lipinski definition) is 0. The van der Waals surface area contributed by atoms with E-state index in [-0.39, 0.29) is 12.2 Å². The van der Waals surface area contributed by atoms with Crippen LogP contribution in [-0.2, 0) is 32.4 Å². The van der Waals surface area contributed by atoms with Gasteiger partial charge in [-0.05, 0) is 51.5 Å². The second-order valence-corrected chi connectivity index (χ2v) is 13.7. The average molecular weight is 617 g/mol. The summed E-state index contributed by atoms with van der Waals surface area (Å²) >= 11 is 0. The van der Waals surface area contributed by atoms with E-state index in [2.05, 4.69) is 4.98 Å². The molecule has 0 amide bonds. The number of carbonyl (C=O) groups excluding carboxylic acids is 1. The number of rotatable bonds is 10. The van der Waals surface area contributed by atoms with Gasteiger partial charge in [0.2, 0.25) is 6.23 Å². The number of esters is 1. The zero-order valence-corrected chi connectivity index (χ0v) is 25.2. The van der Waals surface area contributed by atoms with E-state index in [1.807, 2.05) is 0 Å². The van der Waals surface area contributed by atoms with E-state index in [1.54, 1.807) is 6.92 Å². The van der Waals surface area contributed by atoms with Crippen LogP contribution in [0.2, 0.25) is 0 Å². The molecule has 5 rings (SSSR count). The van der Waals surface area contributed by atoms with Crippen molar-refractivity contribution in [3.8, 4) is 0 Å². The summed E-state index contributed by atoms with van der Waals surface area (Å²) in [5.74, 6) is -5.03. The molecule has 0 aromatic carbocycles. The zero-order valence-electron chi connectivity index (χ0n) is 24.3. The first kappa shape index (κ1) is 31.7. The van der Waals surface area contributed by atoms with Crippen LogP contribution < -0.4 is 5.69 Å².